The molecule has 3 heterocycles. The molecule has 3 fully saturated rings. The van der Waals surface area contributed by atoms with Crippen molar-refractivity contribution in [3.63, 3.8) is 0 Å². The number of thioether (sulfide) groups is 1. The van der Waals surface area contributed by atoms with Gasteiger partial charge in [-0.2, -0.15) is 13.2 Å². The molecule has 0 aromatic heterocycles. The van der Waals surface area contributed by atoms with Crippen LogP contribution in [0.5, 0.6) is 0 Å². The Bertz CT molecular complexity index is 1110. The van der Waals surface area contributed by atoms with Crippen molar-refractivity contribution < 1.29 is 37.1 Å². The first-order chi connectivity index (χ1) is 18.2. The highest BCUT2D eigenvalue weighted by Crippen LogP contribution is 2.42. The van der Waals surface area contributed by atoms with Gasteiger partial charge < -0.3 is 25.6 Å². The van der Waals surface area contributed by atoms with E-state index in [4.69, 9.17) is 10.5 Å². The second-order valence-electron chi connectivity index (χ2n) is 11.3. The second kappa shape index (κ2) is 10.9. The van der Waals surface area contributed by atoms with E-state index in [0.717, 1.165) is 12.1 Å². The van der Waals surface area contributed by atoms with Crippen LogP contribution in [0, 0.1) is 5.92 Å². The van der Waals surface area contributed by atoms with Gasteiger partial charge in [0.2, 0.25) is 11.8 Å². The number of nitrogens with two attached hydrogens (primary N) is 1. The summed E-state index contributed by atoms with van der Waals surface area (Å²) < 4.78 is 44.3. The van der Waals surface area contributed by atoms with Gasteiger partial charge in [0, 0.05) is 23.4 Å². The standard InChI is InChI=1S/C26H33F3N4O5S/c1-25(2,3)38-24(37)31-20(23(36)32-13-39-12-19(32)21(30)34)15-10-17-8-9-18(11-15)33(17)22(35)14-4-6-16(7-5-14)26(27,28)29/h4-7,15,17-20H,8-13H2,1-3H3,(H2,30,34)(H,31,37)/t15?,17?,18?,19-,20+/m1/s1. The Morgan fingerprint density at radius 3 is 2.15 bits per heavy atom. The quantitative estimate of drug-likeness (QED) is 0.560. The molecule has 0 saturated carbocycles. The van der Waals surface area contributed by atoms with E-state index in [1.165, 1.54) is 28.8 Å². The summed E-state index contributed by atoms with van der Waals surface area (Å²) in [6.45, 7) is 5.11. The minimum absolute atomic E-state index is 0.163. The fraction of sp³-hybridized carbons (Fsp3) is 0.615. The number of piperidine rings is 1. The molecule has 39 heavy (non-hydrogen) atoms. The molecule has 0 aliphatic carbocycles. The number of ether oxygens (including phenoxy) is 1. The van der Waals surface area contributed by atoms with Gasteiger partial charge in [-0.3, -0.25) is 14.4 Å². The van der Waals surface area contributed by atoms with E-state index in [-0.39, 0.29) is 35.3 Å². The van der Waals surface area contributed by atoms with Crippen LogP contribution in [0.15, 0.2) is 24.3 Å². The summed E-state index contributed by atoms with van der Waals surface area (Å²) in [6, 6.07) is 1.87. The van der Waals surface area contributed by atoms with Gasteiger partial charge in [0.05, 0.1) is 11.4 Å². The van der Waals surface area contributed by atoms with Crippen molar-refractivity contribution in [1.29, 1.82) is 0 Å². The maximum absolute atomic E-state index is 13.7. The Balaban J connectivity index is 1.53. The zero-order valence-corrected chi connectivity index (χ0v) is 22.8. The van der Waals surface area contributed by atoms with Crippen molar-refractivity contribution in [1.82, 2.24) is 15.1 Å². The first-order valence-corrected chi connectivity index (χ1v) is 14.0. The summed E-state index contributed by atoms with van der Waals surface area (Å²) in [5.41, 5.74) is 4.05. The molecule has 3 aliphatic rings. The number of rotatable bonds is 5. The zero-order valence-electron chi connectivity index (χ0n) is 22.0. The molecule has 2 bridgehead atoms. The monoisotopic (exact) mass is 570 g/mol. The van der Waals surface area contributed by atoms with Gasteiger partial charge in [-0.25, -0.2) is 4.79 Å². The predicted octanol–water partition coefficient (Wildman–Crippen LogP) is 3.37. The summed E-state index contributed by atoms with van der Waals surface area (Å²) >= 11 is 1.39. The molecule has 9 nitrogen and oxygen atoms in total. The van der Waals surface area contributed by atoms with Crippen LogP contribution < -0.4 is 11.1 Å². The molecule has 4 rings (SSSR count). The number of alkyl carbamates (subject to hydrolysis) is 1. The summed E-state index contributed by atoms with van der Waals surface area (Å²) in [5.74, 6) is -1.13. The molecule has 3 aliphatic heterocycles. The third-order valence-corrected chi connectivity index (χ3v) is 8.38. The highest BCUT2D eigenvalue weighted by molar-refractivity contribution is 7.99. The van der Waals surface area contributed by atoms with Crippen LogP contribution in [-0.2, 0) is 20.5 Å². The molecule has 1 aromatic carbocycles. The minimum atomic E-state index is -4.50. The van der Waals surface area contributed by atoms with Crippen molar-refractivity contribution >= 4 is 35.6 Å². The van der Waals surface area contributed by atoms with Gasteiger partial charge in [-0.1, -0.05) is 0 Å². The lowest BCUT2D eigenvalue weighted by molar-refractivity contribution is -0.140. The van der Waals surface area contributed by atoms with Crippen LogP contribution in [0.2, 0.25) is 0 Å². The number of alkyl halides is 3. The molecule has 3 N–H and O–H groups in total. The molecule has 3 saturated heterocycles. The summed E-state index contributed by atoms with van der Waals surface area (Å²) in [5, 5.41) is 2.72. The van der Waals surface area contributed by atoms with Crippen LogP contribution in [0.3, 0.4) is 0 Å². The fourth-order valence-electron chi connectivity index (χ4n) is 5.66. The van der Waals surface area contributed by atoms with Gasteiger partial charge in [0.1, 0.15) is 17.7 Å². The zero-order chi connectivity index (χ0) is 28.7. The lowest BCUT2D eigenvalue weighted by Crippen LogP contribution is -2.59. The summed E-state index contributed by atoms with van der Waals surface area (Å²) in [4.78, 5) is 54.8. The highest BCUT2D eigenvalue weighted by Gasteiger charge is 2.49. The molecule has 0 radical (unpaired) electrons. The number of primary amides is 1. The Hall–Kier alpha value is -2.96. The van der Waals surface area contributed by atoms with Crippen molar-refractivity contribution in [3.05, 3.63) is 35.4 Å². The van der Waals surface area contributed by atoms with Gasteiger partial charge >= 0.3 is 12.3 Å². The van der Waals surface area contributed by atoms with Crippen molar-refractivity contribution in [3.8, 4) is 0 Å². The van der Waals surface area contributed by atoms with E-state index in [0.29, 0.717) is 31.4 Å². The Morgan fingerprint density at radius 2 is 1.64 bits per heavy atom. The lowest BCUT2D eigenvalue weighted by Gasteiger charge is -2.42. The van der Waals surface area contributed by atoms with E-state index >= 15 is 0 Å². The SMILES string of the molecule is CC(C)(C)OC(=O)N[C@H](C(=O)N1CSC[C@@H]1C(N)=O)C1CC2CCC(C1)N2C(=O)c1ccc(C(F)(F)F)cc1. The van der Waals surface area contributed by atoms with Crippen molar-refractivity contribution in [2.45, 2.75) is 82.4 Å². The van der Waals surface area contributed by atoms with Crippen LogP contribution >= 0.6 is 11.8 Å². The number of nitrogens with zero attached hydrogens (tertiary/aromatic N) is 2. The van der Waals surface area contributed by atoms with E-state index in [1.54, 1.807) is 25.7 Å². The predicted molar refractivity (Wildman–Crippen MR) is 137 cm³/mol. The van der Waals surface area contributed by atoms with E-state index in [1.807, 2.05) is 0 Å². The topological polar surface area (TPSA) is 122 Å². The number of hydrogen-bond donors (Lipinski definition) is 2. The van der Waals surface area contributed by atoms with Gasteiger partial charge in [-0.05, 0) is 76.6 Å². The largest absolute Gasteiger partial charge is 0.444 e. The fourth-order valence-corrected chi connectivity index (χ4v) is 6.84. The molecule has 214 valence electrons. The van der Waals surface area contributed by atoms with Gasteiger partial charge in [0.25, 0.3) is 5.91 Å². The number of carbonyl (C=O) groups is 4. The number of fused-ring (bicyclic) bond motifs is 2. The molecular formula is C26H33F3N4O5S. The average molecular weight is 571 g/mol. The Morgan fingerprint density at radius 1 is 1.05 bits per heavy atom. The number of hydrogen-bond acceptors (Lipinski definition) is 6. The molecule has 1 aromatic rings. The summed E-state index contributed by atoms with van der Waals surface area (Å²) in [7, 11) is 0. The van der Waals surface area contributed by atoms with Crippen LogP contribution in [0.4, 0.5) is 18.0 Å². The van der Waals surface area contributed by atoms with Crippen LogP contribution in [0.25, 0.3) is 0 Å². The maximum atomic E-state index is 13.7. The number of halogens is 3. The molecule has 2 unspecified atom stereocenters. The number of amides is 4. The molecule has 0 spiro atoms. The summed E-state index contributed by atoms with van der Waals surface area (Å²) in [6.07, 6.45) is -3.12. The number of carbonyl (C=O) groups excluding carboxylic acids is 4. The van der Waals surface area contributed by atoms with Crippen molar-refractivity contribution in [2.24, 2.45) is 11.7 Å². The van der Waals surface area contributed by atoms with Crippen LogP contribution in [0.1, 0.15) is 62.4 Å². The smallest absolute Gasteiger partial charge is 0.416 e. The maximum Gasteiger partial charge on any atom is 0.416 e. The number of benzene rings is 1. The first kappa shape index (κ1) is 29.0. The van der Waals surface area contributed by atoms with Crippen molar-refractivity contribution in [2.75, 3.05) is 11.6 Å². The van der Waals surface area contributed by atoms with Gasteiger partial charge in [0.15, 0.2) is 0 Å². The lowest BCUT2D eigenvalue weighted by atomic mass is 9.83. The Kier molecular flexibility index (Phi) is 8.11. The Labute approximate surface area is 229 Å². The molecule has 4 amide bonds. The third-order valence-electron chi connectivity index (χ3n) is 7.37. The number of nitrogens with one attached hydrogen (secondary N) is 1. The van der Waals surface area contributed by atoms with E-state index in [9.17, 15) is 32.3 Å². The molecule has 13 heteroatoms. The van der Waals surface area contributed by atoms with Gasteiger partial charge in [-0.15, -0.1) is 11.8 Å². The second-order valence-corrected chi connectivity index (χ2v) is 12.3. The van der Waals surface area contributed by atoms with E-state index < -0.39 is 47.3 Å². The minimum Gasteiger partial charge on any atom is -0.444 e. The molecule has 4 atom stereocenters. The third kappa shape index (κ3) is 6.44. The normalized spacial score (nSPS) is 25.8. The van der Waals surface area contributed by atoms with E-state index in [2.05, 4.69) is 5.32 Å². The first-order valence-electron chi connectivity index (χ1n) is 12.8. The molecular weight excluding hydrogens is 537 g/mol. The van der Waals surface area contributed by atoms with Crippen LogP contribution in [-0.4, -0.2) is 75.0 Å². The average Bonchev–Trinajstić information content (AvgIpc) is 3.43. The highest BCUT2D eigenvalue weighted by atomic mass is 32.2.